The number of aliphatic hydroxyl groups excluding tert-OH is 1. The molecule has 1 atom stereocenters. The zero-order valence-corrected chi connectivity index (χ0v) is 9.99. The Labute approximate surface area is 98.5 Å². The van der Waals surface area contributed by atoms with E-state index < -0.39 is 6.10 Å². The first-order valence-corrected chi connectivity index (χ1v) is 5.84. The monoisotopic (exact) mass is 235 g/mol. The Bertz CT molecular complexity index is 462. The first kappa shape index (κ1) is 11.2. The SMILES string of the molecule is Cc1occc1Sc1ccc([C@@H](C)O)cn1. The number of aliphatic hydroxyl groups is 1. The molecule has 3 nitrogen and oxygen atoms in total. The van der Waals surface area contributed by atoms with E-state index in [1.165, 1.54) is 0 Å². The molecule has 2 rings (SSSR count). The lowest BCUT2D eigenvalue weighted by Gasteiger charge is -2.04. The smallest absolute Gasteiger partial charge is 0.114 e. The summed E-state index contributed by atoms with van der Waals surface area (Å²) in [4.78, 5) is 5.34. The van der Waals surface area contributed by atoms with Gasteiger partial charge in [0.1, 0.15) is 10.8 Å². The zero-order valence-electron chi connectivity index (χ0n) is 9.18. The van der Waals surface area contributed by atoms with Crippen molar-refractivity contribution < 1.29 is 9.52 Å². The Morgan fingerprint density at radius 3 is 2.69 bits per heavy atom. The van der Waals surface area contributed by atoms with Gasteiger partial charge in [-0.2, -0.15) is 0 Å². The van der Waals surface area contributed by atoms with Crippen molar-refractivity contribution >= 4 is 11.8 Å². The average Bonchev–Trinajstić information content (AvgIpc) is 2.65. The van der Waals surface area contributed by atoms with E-state index in [0.29, 0.717) is 0 Å². The van der Waals surface area contributed by atoms with E-state index in [1.807, 2.05) is 25.1 Å². The van der Waals surface area contributed by atoms with Crippen molar-refractivity contribution in [3.8, 4) is 0 Å². The summed E-state index contributed by atoms with van der Waals surface area (Å²) < 4.78 is 5.21. The summed E-state index contributed by atoms with van der Waals surface area (Å²) in [5, 5.41) is 10.3. The highest BCUT2D eigenvalue weighted by molar-refractivity contribution is 7.99. The Kier molecular flexibility index (Phi) is 3.31. The minimum Gasteiger partial charge on any atom is -0.468 e. The second kappa shape index (κ2) is 4.72. The van der Waals surface area contributed by atoms with Gasteiger partial charge in [-0.05, 0) is 31.5 Å². The molecule has 84 valence electrons. The second-order valence-electron chi connectivity index (χ2n) is 3.55. The van der Waals surface area contributed by atoms with E-state index in [0.717, 1.165) is 21.2 Å². The first-order chi connectivity index (χ1) is 7.66. The van der Waals surface area contributed by atoms with Crippen LogP contribution in [-0.2, 0) is 0 Å². The highest BCUT2D eigenvalue weighted by Gasteiger charge is 2.06. The molecule has 0 aliphatic carbocycles. The van der Waals surface area contributed by atoms with Crippen LogP contribution < -0.4 is 0 Å². The number of hydrogen-bond acceptors (Lipinski definition) is 4. The minimum absolute atomic E-state index is 0.470. The van der Waals surface area contributed by atoms with Gasteiger partial charge in [0.2, 0.25) is 0 Å². The second-order valence-corrected chi connectivity index (χ2v) is 4.61. The Morgan fingerprint density at radius 2 is 2.19 bits per heavy atom. The third kappa shape index (κ3) is 2.46. The van der Waals surface area contributed by atoms with E-state index >= 15 is 0 Å². The summed E-state index contributed by atoms with van der Waals surface area (Å²) in [7, 11) is 0. The quantitative estimate of drug-likeness (QED) is 0.887. The molecular weight excluding hydrogens is 222 g/mol. The van der Waals surface area contributed by atoms with Crippen LogP contribution >= 0.6 is 11.8 Å². The first-order valence-electron chi connectivity index (χ1n) is 5.03. The number of aryl methyl sites for hydroxylation is 1. The highest BCUT2D eigenvalue weighted by Crippen LogP contribution is 2.29. The molecule has 2 aromatic rings. The topological polar surface area (TPSA) is 46.3 Å². The Hall–Kier alpha value is -1.26. The maximum Gasteiger partial charge on any atom is 0.114 e. The molecule has 16 heavy (non-hydrogen) atoms. The maximum atomic E-state index is 9.35. The molecule has 0 amide bonds. The number of aromatic nitrogens is 1. The van der Waals surface area contributed by atoms with E-state index in [9.17, 15) is 5.11 Å². The van der Waals surface area contributed by atoms with Crippen LogP contribution in [-0.4, -0.2) is 10.1 Å². The van der Waals surface area contributed by atoms with Crippen molar-refractivity contribution in [2.75, 3.05) is 0 Å². The summed E-state index contributed by atoms with van der Waals surface area (Å²) in [6.45, 7) is 3.65. The van der Waals surface area contributed by atoms with Crippen LogP contribution in [0.4, 0.5) is 0 Å². The molecular formula is C12H13NO2S. The number of rotatable bonds is 3. The van der Waals surface area contributed by atoms with Crippen molar-refractivity contribution in [3.05, 3.63) is 42.0 Å². The highest BCUT2D eigenvalue weighted by atomic mass is 32.2. The minimum atomic E-state index is -0.470. The predicted octanol–water partition coefficient (Wildman–Crippen LogP) is 3.19. The van der Waals surface area contributed by atoms with Gasteiger partial charge in [0.25, 0.3) is 0 Å². The molecule has 0 fully saturated rings. The fraction of sp³-hybridized carbons (Fsp3) is 0.250. The maximum absolute atomic E-state index is 9.35. The molecule has 0 spiro atoms. The molecule has 0 radical (unpaired) electrons. The molecule has 0 aliphatic heterocycles. The normalized spacial score (nSPS) is 12.7. The molecule has 2 heterocycles. The van der Waals surface area contributed by atoms with E-state index in [1.54, 1.807) is 31.1 Å². The van der Waals surface area contributed by atoms with Crippen molar-refractivity contribution in [2.45, 2.75) is 29.9 Å². The molecule has 4 heteroatoms. The predicted molar refractivity (Wildman–Crippen MR) is 62.4 cm³/mol. The third-order valence-corrected chi connectivity index (χ3v) is 3.36. The third-order valence-electron chi connectivity index (χ3n) is 2.27. The fourth-order valence-corrected chi connectivity index (χ4v) is 2.07. The molecule has 1 N–H and O–H groups in total. The molecule has 0 bridgehead atoms. The molecule has 0 saturated heterocycles. The molecule has 0 saturated carbocycles. The zero-order chi connectivity index (χ0) is 11.5. The Morgan fingerprint density at radius 1 is 1.38 bits per heavy atom. The van der Waals surface area contributed by atoms with Gasteiger partial charge in [0, 0.05) is 6.20 Å². The van der Waals surface area contributed by atoms with Gasteiger partial charge in [0.15, 0.2) is 0 Å². The number of hydrogen-bond donors (Lipinski definition) is 1. The molecule has 2 aromatic heterocycles. The van der Waals surface area contributed by atoms with Crippen LogP contribution in [0.3, 0.4) is 0 Å². The number of pyridine rings is 1. The van der Waals surface area contributed by atoms with Crippen molar-refractivity contribution in [1.29, 1.82) is 0 Å². The van der Waals surface area contributed by atoms with Crippen LogP contribution in [0.5, 0.6) is 0 Å². The van der Waals surface area contributed by atoms with E-state index in [2.05, 4.69) is 4.98 Å². The van der Waals surface area contributed by atoms with Crippen molar-refractivity contribution in [1.82, 2.24) is 4.98 Å². The summed E-state index contributed by atoms with van der Waals surface area (Å²) in [5.41, 5.74) is 0.827. The average molecular weight is 235 g/mol. The number of nitrogens with zero attached hydrogens (tertiary/aromatic N) is 1. The van der Waals surface area contributed by atoms with Gasteiger partial charge in [-0.25, -0.2) is 4.98 Å². The van der Waals surface area contributed by atoms with E-state index in [4.69, 9.17) is 4.42 Å². The van der Waals surface area contributed by atoms with Gasteiger partial charge >= 0.3 is 0 Å². The molecule has 0 aromatic carbocycles. The lowest BCUT2D eigenvalue weighted by atomic mass is 10.2. The largest absolute Gasteiger partial charge is 0.468 e. The van der Waals surface area contributed by atoms with Crippen LogP contribution in [0.15, 0.2) is 45.0 Å². The van der Waals surface area contributed by atoms with Crippen LogP contribution in [0.2, 0.25) is 0 Å². The van der Waals surface area contributed by atoms with Gasteiger partial charge in [0.05, 0.1) is 17.3 Å². The van der Waals surface area contributed by atoms with Crippen molar-refractivity contribution in [3.63, 3.8) is 0 Å². The van der Waals surface area contributed by atoms with E-state index in [-0.39, 0.29) is 0 Å². The lowest BCUT2D eigenvalue weighted by molar-refractivity contribution is 0.198. The molecule has 0 unspecified atom stereocenters. The van der Waals surface area contributed by atoms with Gasteiger partial charge in [-0.1, -0.05) is 17.8 Å². The Balaban J connectivity index is 2.14. The van der Waals surface area contributed by atoms with Gasteiger partial charge in [-0.3, -0.25) is 0 Å². The standard InChI is InChI=1S/C12H13NO2S/c1-8(14)10-3-4-12(13-7-10)16-11-5-6-15-9(11)2/h3-8,14H,1-2H3/t8-/m1/s1. The van der Waals surface area contributed by atoms with Crippen LogP contribution in [0.25, 0.3) is 0 Å². The van der Waals surface area contributed by atoms with Crippen LogP contribution in [0, 0.1) is 6.92 Å². The van der Waals surface area contributed by atoms with Gasteiger partial charge < -0.3 is 9.52 Å². The fourth-order valence-electron chi connectivity index (χ4n) is 1.29. The molecule has 0 aliphatic rings. The summed E-state index contributed by atoms with van der Waals surface area (Å²) >= 11 is 1.55. The van der Waals surface area contributed by atoms with Gasteiger partial charge in [-0.15, -0.1) is 0 Å². The number of furan rings is 1. The summed E-state index contributed by atoms with van der Waals surface area (Å²) in [6, 6.07) is 5.71. The summed E-state index contributed by atoms with van der Waals surface area (Å²) in [6.07, 6.45) is 2.90. The van der Waals surface area contributed by atoms with Crippen molar-refractivity contribution in [2.24, 2.45) is 0 Å². The van der Waals surface area contributed by atoms with Crippen LogP contribution in [0.1, 0.15) is 24.4 Å². The summed E-state index contributed by atoms with van der Waals surface area (Å²) in [5.74, 6) is 0.895. The lowest BCUT2D eigenvalue weighted by Crippen LogP contribution is -1.92.